The van der Waals surface area contributed by atoms with E-state index in [9.17, 15) is 0 Å². The number of benzene rings is 1. The van der Waals surface area contributed by atoms with E-state index in [-0.39, 0.29) is 41.5 Å². The number of rotatable bonds is 7. The van der Waals surface area contributed by atoms with Gasteiger partial charge in [0.15, 0.2) is 5.96 Å². The van der Waals surface area contributed by atoms with E-state index in [0.29, 0.717) is 5.92 Å². The average molecular weight is 533 g/mol. The maximum atomic E-state index is 6.11. The molecule has 1 heterocycles. The molecular formula is C23H40IN3O3. The number of halogens is 1. The van der Waals surface area contributed by atoms with E-state index < -0.39 is 0 Å². The Morgan fingerprint density at radius 3 is 2.60 bits per heavy atom. The normalized spacial score (nSPS) is 20.7. The van der Waals surface area contributed by atoms with E-state index >= 15 is 0 Å². The van der Waals surface area contributed by atoms with Gasteiger partial charge in [-0.3, -0.25) is 4.99 Å². The van der Waals surface area contributed by atoms with Crippen LogP contribution >= 0.6 is 24.0 Å². The van der Waals surface area contributed by atoms with Gasteiger partial charge in [-0.15, -0.1) is 24.0 Å². The SMILES string of the molecule is CCNC(=NCC1CCCOC1C(C)(C)C)NC(C)c1cc(OC)ccc1OC.I. The topological polar surface area (TPSA) is 64.1 Å². The lowest BCUT2D eigenvalue weighted by Gasteiger charge is -2.39. The van der Waals surface area contributed by atoms with Gasteiger partial charge in [0.25, 0.3) is 0 Å². The lowest BCUT2D eigenvalue weighted by atomic mass is 9.78. The number of nitrogens with zero attached hydrogens (tertiary/aromatic N) is 1. The van der Waals surface area contributed by atoms with Crippen LogP contribution in [0.4, 0.5) is 0 Å². The van der Waals surface area contributed by atoms with E-state index in [2.05, 4.69) is 45.3 Å². The predicted octanol–water partition coefficient (Wildman–Crippen LogP) is 4.78. The molecule has 0 bridgehead atoms. The third-order valence-electron chi connectivity index (χ3n) is 5.38. The molecule has 1 aliphatic heterocycles. The van der Waals surface area contributed by atoms with Crippen LogP contribution in [0.2, 0.25) is 0 Å². The minimum atomic E-state index is 0. The Labute approximate surface area is 199 Å². The van der Waals surface area contributed by atoms with Gasteiger partial charge in [0.2, 0.25) is 0 Å². The highest BCUT2D eigenvalue weighted by atomic mass is 127. The van der Waals surface area contributed by atoms with Gasteiger partial charge in [0, 0.05) is 31.2 Å². The summed E-state index contributed by atoms with van der Waals surface area (Å²) in [7, 11) is 3.36. The summed E-state index contributed by atoms with van der Waals surface area (Å²) in [6.45, 7) is 13.3. The molecule has 30 heavy (non-hydrogen) atoms. The average Bonchev–Trinajstić information content (AvgIpc) is 2.71. The van der Waals surface area contributed by atoms with Crippen molar-refractivity contribution in [1.82, 2.24) is 10.6 Å². The zero-order valence-electron chi connectivity index (χ0n) is 19.6. The van der Waals surface area contributed by atoms with Crippen LogP contribution in [-0.2, 0) is 4.74 Å². The first kappa shape index (κ1) is 26.8. The fraction of sp³-hybridized carbons (Fsp3) is 0.696. The molecule has 1 fully saturated rings. The van der Waals surface area contributed by atoms with Gasteiger partial charge in [0.1, 0.15) is 11.5 Å². The number of nitrogens with one attached hydrogen (secondary N) is 2. The van der Waals surface area contributed by atoms with Crippen LogP contribution in [-0.4, -0.2) is 46.0 Å². The Hall–Kier alpha value is -1.22. The molecule has 0 amide bonds. The Morgan fingerprint density at radius 1 is 1.27 bits per heavy atom. The Balaban J connectivity index is 0.00000450. The first-order chi connectivity index (χ1) is 13.8. The number of aliphatic imine (C=N–C) groups is 1. The lowest BCUT2D eigenvalue weighted by Crippen LogP contribution is -2.43. The molecule has 0 aromatic heterocycles. The van der Waals surface area contributed by atoms with Crippen LogP contribution in [0.15, 0.2) is 23.2 Å². The monoisotopic (exact) mass is 533 g/mol. The van der Waals surface area contributed by atoms with Crippen molar-refractivity contribution in [3.8, 4) is 11.5 Å². The molecule has 7 heteroatoms. The van der Waals surface area contributed by atoms with Gasteiger partial charge in [-0.05, 0) is 50.3 Å². The van der Waals surface area contributed by atoms with E-state index in [4.69, 9.17) is 19.2 Å². The zero-order chi connectivity index (χ0) is 21.4. The molecular weight excluding hydrogens is 493 g/mol. The van der Waals surface area contributed by atoms with E-state index in [0.717, 1.165) is 55.6 Å². The second-order valence-corrected chi connectivity index (χ2v) is 8.75. The van der Waals surface area contributed by atoms with Crippen molar-refractivity contribution in [3.05, 3.63) is 23.8 Å². The summed E-state index contributed by atoms with van der Waals surface area (Å²) in [4.78, 5) is 4.91. The lowest BCUT2D eigenvalue weighted by molar-refractivity contribution is -0.0823. The van der Waals surface area contributed by atoms with Crippen LogP contribution < -0.4 is 20.1 Å². The summed E-state index contributed by atoms with van der Waals surface area (Å²) < 4.78 is 17.0. The molecule has 3 atom stereocenters. The summed E-state index contributed by atoms with van der Waals surface area (Å²) in [5.74, 6) is 2.88. The summed E-state index contributed by atoms with van der Waals surface area (Å²) in [5.41, 5.74) is 1.15. The molecule has 3 unspecified atom stereocenters. The first-order valence-electron chi connectivity index (χ1n) is 10.7. The highest BCUT2D eigenvalue weighted by Gasteiger charge is 2.35. The predicted molar refractivity (Wildman–Crippen MR) is 134 cm³/mol. The van der Waals surface area contributed by atoms with Crippen molar-refractivity contribution in [2.24, 2.45) is 16.3 Å². The van der Waals surface area contributed by atoms with Crippen molar-refractivity contribution in [2.45, 2.75) is 59.6 Å². The van der Waals surface area contributed by atoms with Gasteiger partial charge in [0.05, 0.1) is 26.4 Å². The molecule has 2 N–H and O–H groups in total. The maximum absolute atomic E-state index is 6.11. The largest absolute Gasteiger partial charge is 0.497 e. The first-order valence-corrected chi connectivity index (χ1v) is 10.7. The summed E-state index contributed by atoms with van der Waals surface area (Å²) in [6, 6.07) is 5.86. The summed E-state index contributed by atoms with van der Waals surface area (Å²) in [6.07, 6.45) is 2.50. The van der Waals surface area contributed by atoms with E-state index in [1.165, 1.54) is 0 Å². The number of ether oxygens (including phenoxy) is 3. The van der Waals surface area contributed by atoms with Crippen LogP contribution in [0.1, 0.15) is 59.1 Å². The third kappa shape index (κ3) is 7.48. The zero-order valence-corrected chi connectivity index (χ0v) is 21.9. The van der Waals surface area contributed by atoms with Crippen LogP contribution in [0.3, 0.4) is 0 Å². The quantitative estimate of drug-likeness (QED) is 0.300. The smallest absolute Gasteiger partial charge is 0.191 e. The molecule has 0 radical (unpaired) electrons. The molecule has 1 aliphatic rings. The summed E-state index contributed by atoms with van der Waals surface area (Å²) >= 11 is 0. The highest BCUT2D eigenvalue weighted by Crippen LogP contribution is 2.34. The number of hydrogen-bond acceptors (Lipinski definition) is 4. The second-order valence-electron chi connectivity index (χ2n) is 8.75. The van der Waals surface area contributed by atoms with Crippen molar-refractivity contribution in [1.29, 1.82) is 0 Å². The van der Waals surface area contributed by atoms with Gasteiger partial charge >= 0.3 is 0 Å². The van der Waals surface area contributed by atoms with Crippen LogP contribution in [0.5, 0.6) is 11.5 Å². The maximum Gasteiger partial charge on any atom is 0.191 e. The summed E-state index contributed by atoms with van der Waals surface area (Å²) in [5, 5.41) is 6.88. The standard InChI is InChI=1S/C23H39N3O3.HI/c1-8-24-22(25-15-17-10-9-13-29-21(17)23(3,4)5)26-16(2)19-14-18(27-6)11-12-20(19)28-7;/h11-12,14,16-17,21H,8-10,13,15H2,1-7H3,(H2,24,25,26);1H. The number of methoxy groups -OCH3 is 2. The van der Waals surface area contributed by atoms with Crippen molar-refractivity contribution in [3.63, 3.8) is 0 Å². The highest BCUT2D eigenvalue weighted by molar-refractivity contribution is 14.0. The van der Waals surface area contributed by atoms with Crippen molar-refractivity contribution in [2.75, 3.05) is 33.9 Å². The van der Waals surface area contributed by atoms with Crippen LogP contribution in [0.25, 0.3) is 0 Å². The minimum Gasteiger partial charge on any atom is -0.497 e. The van der Waals surface area contributed by atoms with Gasteiger partial charge < -0.3 is 24.8 Å². The second kappa shape index (κ2) is 12.6. The third-order valence-corrected chi connectivity index (χ3v) is 5.38. The molecule has 0 aliphatic carbocycles. The molecule has 1 saturated heterocycles. The number of hydrogen-bond donors (Lipinski definition) is 2. The van der Waals surface area contributed by atoms with Crippen LogP contribution in [0, 0.1) is 11.3 Å². The number of guanidine groups is 1. The molecule has 2 rings (SSSR count). The van der Waals surface area contributed by atoms with Crippen molar-refractivity contribution >= 4 is 29.9 Å². The van der Waals surface area contributed by atoms with E-state index in [1.54, 1.807) is 14.2 Å². The molecule has 0 saturated carbocycles. The van der Waals surface area contributed by atoms with Gasteiger partial charge in [-0.25, -0.2) is 0 Å². The Morgan fingerprint density at radius 2 is 2.00 bits per heavy atom. The fourth-order valence-corrected chi connectivity index (χ4v) is 3.98. The Bertz CT molecular complexity index is 676. The van der Waals surface area contributed by atoms with Gasteiger partial charge in [-0.2, -0.15) is 0 Å². The molecule has 172 valence electrons. The Kier molecular flexibility index (Phi) is 11.3. The molecule has 1 aromatic carbocycles. The van der Waals surface area contributed by atoms with Gasteiger partial charge in [-0.1, -0.05) is 20.8 Å². The van der Waals surface area contributed by atoms with Crippen molar-refractivity contribution < 1.29 is 14.2 Å². The molecule has 1 aromatic rings. The fourth-order valence-electron chi connectivity index (χ4n) is 3.98. The van der Waals surface area contributed by atoms with E-state index in [1.807, 2.05) is 18.2 Å². The molecule has 0 spiro atoms. The minimum absolute atomic E-state index is 0. The molecule has 6 nitrogen and oxygen atoms in total.